The van der Waals surface area contributed by atoms with Crippen molar-refractivity contribution in [1.29, 1.82) is 0 Å². The maximum absolute atomic E-state index is 5.66. The summed E-state index contributed by atoms with van der Waals surface area (Å²) in [7, 11) is 0. The van der Waals surface area contributed by atoms with Gasteiger partial charge in [-0.05, 0) is 41.9 Å². The number of nitrogen functional groups attached to an aromatic ring is 1. The van der Waals surface area contributed by atoms with Crippen molar-refractivity contribution in [3.05, 3.63) is 32.6 Å². The SMILES string of the molecule is Cc1ccc(C(C)Nc2nc(N)cc(Br)n2)s1. The summed E-state index contributed by atoms with van der Waals surface area (Å²) in [5, 5.41) is 3.23. The lowest BCUT2D eigenvalue weighted by Crippen LogP contribution is -2.09. The number of nitrogens with two attached hydrogens (primary N) is 1. The lowest BCUT2D eigenvalue weighted by molar-refractivity contribution is 0.879. The van der Waals surface area contributed by atoms with Gasteiger partial charge >= 0.3 is 0 Å². The molecule has 0 aliphatic carbocycles. The Morgan fingerprint density at radius 1 is 1.41 bits per heavy atom. The molecule has 1 unspecified atom stereocenters. The molecule has 0 aromatic carbocycles. The standard InChI is InChI=1S/C11H13BrN4S/c1-6-3-4-8(17-6)7(2)14-11-15-9(12)5-10(13)16-11/h3-5,7H,1-2H3,(H3,13,14,15,16). The zero-order valence-corrected chi connectivity index (χ0v) is 12.0. The molecule has 6 heteroatoms. The Balaban J connectivity index is 2.15. The summed E-state index contributed by atoms with van der Waals surface area (Å²) in [5.41, 5.74) is 5.66. The number of aromatic nitrogens is 2. The maximum Gasteiger partial charge on any atom is 0.226 e. The Bertz CT molecular complexity index is 506. The largest absolute Gasteiger partial charge is 0.383 e. The molecule has 90 valence electrons. The van der Waals surface area contributed by atoms with Crippen LogP contribution < -0.4 is 11.1 Å². The van der Waals surface area contributed by atoms with Crippen molar-refractivity contribution in [2.24, 2.45) is 0 Å². The molecular weight excluding hydrogens is 300 g/mol. The number of anilines is 2. The van der Waals surface area contributed by atoms with Crippen molar-refractivity contribution in [3.63, 3.8) is 0 Å². The first kappa shape index (κ1) is 12.3. The molecule has 2 rings (SSSR count). The Labute approximate surface area is 112 Å². The molecule has 0 aliphatic rings. The van der Waals surface area contributed by atoms with Crippen LogP contribution in [-0.4, -0.2) is 9.97 Å². The maximum atomic E-state index is 5.66. The number of hydrogen-bond acceptors (Lipinski definition) is 5. The summed E-state index contributed by atoms with van der Waals surface area (Å²) in [6.45, 7) is 4.17. The number of aryl methyl sites for hydroxylation is 1. The Morgan fingerprint density at radius 3 is 2.76 bits per heavy atom. The first-order chi connectivity index (χ1) is 8.04. The Kier molecular flexibility index (Phi) is 3.63. The molecule has 0 spiro atoms. The molecule has 0 saturated heterocycles. The van der Waals surface area contributed by atoms with E-state index in [0.29, 0.717) is 16.4 Å². The zero-order chi connectivity index (χ0) is 12.4. The van der Waals surface area contributed by atoms with E-state index in [4.69, 9.17) is 5.73 Å². The van der Waals surface area contributed by atoms with Gasteiger partial charge in [0.25, 0.3) is 0 Å². The molecule has 0 aliphatic heterocycles. The molecule has 0 radical (unpaired) electrons. The first-order valence-corrected chi connectivity index (χ1v) is 6.78. The number of nitrogens with one attached hydrogen (secondary N) is 1. The number of nitrogens with zero attached hydrogens (tertiary/aromatic N) is 2. The van der Waals surface area contributed by atoms with Gasteiger partial charge in [0.05, 0.1) is 6.04 Å². The van der Waals surface area contributed by atoms with Crippen molar-refractivity contribution < 1.29 is 0 Å². The minimum absolute atomic E-state index is 0.169. The quantitative estimate of drug-likeness (QED) is 0.853. The van der Waals surface area contributed by atoms with Gasteiger partial charge in [0.2, 0.25) is 5.95 Å². The van der Waals surface area contributed by atoms with Crippen LogP contribution in [0.3, 0.4) is 0 Å². The Morgan fingerprint density at radius 2 is 2.18 bits per heavy atom. The molecule has 1 atom stereocenters. The fraction of sp³-hybridized carbons (Fsp3) is 0.273. The normalized spacial score (nSPS) is 12.4. The van der Waals surface area contributed by atoms with Gasteiger partial charge in [-0.2, -0.15) is 4.98 Å². The van der Waals surface area contributed by atoms with Gasteiger partial charge in [-0.15, -0.1) is 11.3 Å². The highest BCUT2D eigenvalue weighted by atomic mass is 79.9. The van der Waals surface area contributed by atoms with Crippen LogP contribution in [0.25, 0.3) is 0 Å². The third-order valence-electron chi connectivity index (χ3n) is 2.25. The first-order valence-electron chi connectivity index (χ1n) is 5.17. The third kappa shape index (κ3) is 3.17. The topological polar surface area (TPSA) is 63.8 Å². The summed E-state index contributed by atoms with van der Waals surface area (Å²) in [6, 6.07) is 6.06. The summed E-state index contributed by atoms with van der Waals surface area (Å²) in [5.74, 6) is 0.986. The number of hydrogen-bond donors (Lipinski definition) is 2. The van der Waals surface area contributed by atoms with Crippen LogP contribution in [0.4, 0.5) is 11.8 Å². The molecule has 4 nitrogen and oxygen atoms in total. The second-order valence-electron chi connectivity index (χ2n) is 3.75. The smallest absolute Gasteiger partial charge is 0.226 e. The molecule has 0 amide bonds. The molecule has 2 heterocycles. The minimum atomic E-state index is 0.169. The van der Waals surface area contributed by atoms with Crippen LogP contribution in [0, 0.1) is 6.92 Å². The van der Waals surface area contributed by atoms with E-state index >= 15 is 0 Å². The van der Waals surface area contributed by atoms with Crippen molar-refractivity contribution in [1.82, 2.24) is 9.97 Å². The van der Waals surface area contributed by atoms with Gasteiger partial charge in [0, 0.05) is 15.8 Å². The molecule has 0 bridgehead atoms. The monoisotopic (exact) mass is 312 g/mol. The van der Waals surface area contributed by atoms with Gasteiger partial charge in [0.15, 0.2) is 0 Å². The summed E-state index contributed by atoms with van der Waals surface area (Å²) in [4.78, 5) is 10.9. The second kappa shape index (κ2) is 5.01. The second-order valence-corrected chi connectivity index (χ2v) is 5.89. The number of halogens is 1. The van der Waals surface area contributed by atoms with E-state index in [-0.39, 0.29) is 6.04 Å². The predicted octanol–water partition coefficient (Wildman–Crippen LogP) is 3.36. The Hall–Kier alpha value is -1.14. The summed E-state index contributed by atoms with van der Waals surface area (Å²) in [6.07, 6.45) is 0. The fourth-order valence-corrected chi connectivity index (χ4v) is 2.73. The van der Waals surface area contributed by atoms with Crippen LogP contribution in [0.1, 0.15) is 22.7 Å². The molecule has 2 aromatic heterocycles. The van der Waals surface area contributed by atoms with Crippen molar-refractivity contribution >= 4 is 39.0 Å². The predicted molar refractivity (Wildman–Crippen MR) is 75.2 cm³/mol. The molecular formula is C11H13BrN4S. The van der Waals surface area contributed by atoms with E-state index in [1.165, 1.54) is 9.75 Å². The highest BCUT2D eigenvalue weighted by molar-refractivity contribution is 9.10. The minimum Gasteiger partial charge on any atom is -0.383 e. The van der Waals surface area contributed by atoms with Gasteiger partial charge in [0.1, 0.15) is 10.4 Å². The van der Waals surface area contributed by atoms with Crippen molar-refractivity contribution in [2.75, 3.05) is 11.1 Å². The average molecular weight is 313 g/mol. The highest BCUT2D eigenvalue weighted by Gasteiger charge is 2.09. The lowest BCUT2D eigenvalue weighted by Gasteiger charge is -2.12. The van der Waals surface area contributed by atoms with Crippen LogP contribution >= 0.6 is 27.3 Å². The fourth-order valence-electron chi connectivity index (χ4n) is 1.45. The van der Waals surface area contributed by atoms with E-state index in [2.05, 4.69) is 57.2 Å². The van der Waals surface area contributed by atoms with E-state index in [1.54, 1.807) is 17.4 Å². The molecule has 0 saturated carbocycles. The van der Waals surface area contributed by atoms with E-state index in [1.807, 2.05) is 0 Å². The van der Waals surface area contributed by atoms with Crippen LogP contribution in [0.2, 0.25) is 0 Å². The highest BCUT2D eigenvalue weighted by Crippen LogP contribution is 2.25. The van der Waals surface area contributed by atoms with Crippen LogP contribution in [0.5, 0.6) is 0 Å². The molecule has 3 N–H and O–H groups in total. The van der Waals surface area contributed by atoms with E-state index < -0.39 is 0 Å². The van der Waals surface area contributed by atoms with Crippen molar-refractivity contribution in [2.45, 2.75) is 19.9 Å². The summed E-state index contributed by atoms with van der Waals surface area (Å²) < 4.78 is 0.682. The molecule has 17 heavy (non-hydrogen) atoms. The van der Waals surface area contributed by atoms with Crippen molar-refractivity contribution in [3.8, 4) is 0 Å². The van der Waals surface area contributed by atoms with E-state index in [9.17, 15) is 0 Å². The molecule has 0 fully saturated rings. The van der Waals surface area contributed by atoms with Gasteiger partial charge in [-0.1, -0.05) is 0 Å². The van der Waals surface area contributed by atoms with Gasteiger partial charge in [-0.3, -0.25) is 0 Å². The van der Waals surface area contributed by atoms with Gasteiger partial charge in [-0.25, -0.2) is 4.98 Å². The number of thiophene rings is 1. The summed E-state index contributed by atoms with van der Waals surface area (Å²) >= 11 is 5.06. The lowest BCUT2D eigenvalue weighted by atomic mass is 10.3. The van der Waals surface area contributed by atoms with Crippen LogP contribution in [-0.2, 0) is 0 Å². The third-order valence-corrected chi connectivity index (χ3v) is 3.84. The molecule has 2 aromatic rings. The van der Waals surface area contributed by atoms with Gasteiger partial charge < -0.3 is 11.1 Å². The van der Waals surface area contributed by atoms with Crippen LogP contribution in [0.15, 0.2) is 22.8 Å². The number of rotatable bonds is 3. The average Bonchev–Trinajstić information content (AvgIpc) is 2.63. The van der Waals surface area contributed by atoms with E-state index in [0.717, 1.165) is 0 Å². The zero-order valence-electron chi connectivity index (χ0n) is 9.57.